The quantitative estimate of drug-likeness (QED) is 0.153. The minimum Gasteiger partial charge on any atom is -0.309 e. The summed E-state index contributed by atoms with van der Waals surface area (Å²) in [7, 11) is 0. The van der Waals surface area contributed by atoms with Crippen LogP contribution in [0, 0.1) is 0 Å². The molecule has 0 bridgehead atoms. The van der Waals surface area contributed by atoms with Crippen LogP contribution in [0.4, 0.5) is 0 Å². The lowest BCUT2D eigenvalue weighted by molar-refractivity contribution is 0.660. The molecule has 1 aliphatic rings. The van der Waals surface area contributed by atoms with Gasteiger partial charge in [0.15, 0.2) is 0 Å². The smallest absolute Gasteiger partial charge is 0.0900 e. The maximum atomic E-state index is 5.04. The van der Waals surface area contributed by atoms with Crippen LogP contribution in [0.25, 0.3) is 117 Å². The Bertz CT molecular complexity index is 3820. The second kappa shape index (κ2) is 16.7. The van der Waals surface area contributed by atoms with Crippen molar-refractivity contribution in [1.29, 1.82) is 0 Å². The van der Waals surface area contributed by atoms with E-state index in [4.69, 9.17) is 4.98 Å². The largest absolute Gasteiger partial charge is 0.309 e. The van der Waals surface area contributed by atoms with Gasteiger partial charge in [-0.1, -0.05) is 172 Å². The summed E-state index contributed by atoms with van der Waals surface area (Å²) >= 11 is 0. The molecule has 4 nitrogen and oxygen atoms in total. The van der Waals surface area contributed by atoms with Crippen LogP contribution >= 0.6 is 0 Å². The Morgan fingerprint density at radius 3 is 1.51 bits per heavy atom. The number of aromatic nitrogens is 4. The zero-order valence-corrected chi connectivity index (χ0v) is 38.9. The van der Waals surface area contributed by atoms with Crippen LogP contribution in [0.1, 0.15) is 25.0 Å². The molecule has 330 valence electrons. The molecule has 0 N–H and O–H groups in total. The van der Waals surface area contributed by atoms with Gasteiger partial charge in [0, 0.05) is 39.8 Å². The molecule has 0 aliphatic heterocycles. The summed E-state index contributed by atoms with van der Waals surface area (Å²) in [5, 5.41) is 2.41. The van der Waals surface area contributed by atoms with E-state index >= 15 is 0 Å². The average molecular weight is 895 g/mol. The standard InChI is InChI=1S/C66H46N4/c1-66(2)58-23-10-9-20-54(58)55-32-30-48(40-59(55)66)47-31-33-64-57(39-47)56-22-15-21-53(65(56)70(64)52-37-49(43-16-5-3-6-17-43)36-50(38-52)44-18-7-4-8-19-44)46-28-26-45(27-29-46)51-41-62(60-24-11-13-34-67-60)69-63(42-51)61-25-12-14-35-68-61/h3-42H,1-2H3. The molecule has 12 aromatic rings. The Labute approximate surface area is 407 Å². The average Bonchev–Trinajstić information content (AvgIpc) is 3.89. The summed E-state index contributed by atoms with van der Waals surface area (Å²) in [5.74, 6) is 0. The maximum Gasteiger partial charge on any atom is 0.0900 e. The van der Waals surface area contributed by atoms with Crippen LogP contribution in [0.3, 0.4) is 0 Å². The summed E-state index contributed by atoms with van der Waals surface area (Å²) in [6.45, 7) is 4.71. The molecular formula is C66H46N4. The van der Waals surface area contributed by atoms with Crippen molar-refractivity contribution in [2.75, 3.05) is 0 Å². The van der Waals surface area contributed by atoms with Gasteiger partial charge in [0.1, 0.15) is 0 Å². The number of benzene rings is 8. The topological polar surface area (TPSA) is 43.6 Å². The van der Waals surface area contributed by atoms with E-state index in [2.05, 4.69) is 223 Å². The van der Waals surface area contributed by atoms with Crippen molar-refractivity contribution < 1.29 is 0 Å². The van der Waals surface area contributed by atoms with E-state index < -0.39 is 0 Å². The molecule has 4 heterocycles. The van der Waals surface area contributed by atoms with Crippen molar-refractivity contribution in [2.24, 2.45) is 0 Å². The third-order valence-corrected chi connectivity index (χ3v) is 14.3. The zero-order valence-electron chi connectivity index (χ0n) is 38.9. The monoisotopic (exact) mass is 894 g/mol. The second-order valence-electron chi connectivity index (χ2n) is 18.8. The van der Waals surface area contributed by atoms with Crippen LogP contribution in [0.2, 0.25) is 0 Å². The highest BCUT2D eigenvalue weighted by Gasteiger charge is 2.35. The molecule has 0 saturated heterocycles. The molecular weight excluding hydrogens is 849 g/mol. The maximum absolute atomic E-state index is 5.04. The van der Waals surface area contributed by atoms with Gasteiger partial charge in [-0.15, -0.1) is 0 Å². The first-order valence-corrected chi connectivity index (χ1v) is 24.0. The Morgan fingerprint density at radius 2 is 0.857 bits per heavy atom. The molecule has 0 amide bonds. The van der Waals surface area contributed by atoms with Crippen LogP contribution < -0.4 is 0 Å². The van der Waals surface area contributed by atoms with E-state index in [-0.39, 0.29) is 5.41 Å². The highest BCUT2D eigenvalue weighted by atomic mass is 15.0. The summed E-state index contributed by atoms with van der Waals surface area (Å²) in [5.41, 5.74) is 23.5. The van der Waals surface area contributed by atoms with E-state index in [1.807, 2.05) is 48.8 Å². The lowest BCUT2D eigenvalue weighted by atomic mass is 9.81. The molecule has 4 heteroatoms. The molecule has 0 atom stereocenters. The van der Waals surface area contributed by atoms with Gasteiger partial charge in [0.2, 0.25) is 0 Å². The van der Waals surface area contributed by atoms with Gasteiger partial charge in [0.25, 0.3) is 0 Å². The van der Waals surface area contributed by atoms with Gasteiger partial charge in [-0.3, -0.25) is 9.97 Å². The van der Waals surface area contributed by atoms with Gasteiger partial charge < -0.3 is 4.57 Å². The predicted molar refractivity (Wildman–Crippen MR) is 290 cm³/mol. The van der Waals surface area contributed by atoms with Crippen LogP contribution in [0.5, 0.6) is 0 Å². The number of hydrogen-bond acceptors (Lipinski definition) is 3. The fraction of sp³-hybridized carbons (Fsp3) is 0.0455. The third-order valence-electron chi connectivity index (χ3n) is 14.3. The van der Waals surface area contributed by atoms with Crippen molar-refractivity contribution in [1.82, 2.24) is 19.5 Å². The molecule has 8 aromatic carbocycles. The summed E-state index contributed by atoms with van der Waals surface area (Å²) < 4.78 is 2.50. The van der Waals surface area contributed by atoms with Gasteiger partial charge >= 0.3 is 0 Å². The van der Waals surface area contributed by atoms with E-state index in [0.717, 1.165) is 61.8 Å². The Balaban J connectivity index is 1.00. The van der Waals surface area contributed by atoms with Gasteiger partial charge in [-0.25, -0.2) is 4.98 Å². The number of nitrogens with zero attached hydrogens (tertiary/aromatic N) is 4. The van der Waals surface area contributed by atoms with Crippen LogP contribution in [-0.2, 0) is 5.41 Å². The Morgan fingerprint density at radius 1 is 0.329 bits per heavy atom. The molecule has 0 radical (unpaired) electrons. The van der Waals surface area contributed by atoms with Crippen molar-refractivity contribution in [3.05, 3.63) is 254 Å². The second-order valence-corrected chi connectivity index (χ2v) is 18.8. The molecule has 0 spiro atoms. The SMILES string of the molecule is CC1(C)c2ccccc2-c2ccc(-c3ccc4c(c3)c3cccc(-c5ccc(-c6cc(-c7ccccn7)nc(-c7ccccn7)c6)cc5)c3n4-c3cc(-c4ccccc4)cc(-c4ccccc4)c3)cc21. The number of para-hydroxylation sites is 1. The third kappa shape index (κ3) is 7.03. The van der Waals surface area contributed by atoms with Gasteiger partial charge in [0.05, 0.1) is 33.8 Å². The summed E-state index contributed by atoms with van der Waals surface area (Å²) in [6.07, 6.45) is 3.62. The number of rotatable bonds is 8. The van der Waals surface area contributed by atoms with Crippen LogP contribution in [-0.4, -0.2) is 19.5 Å². The van der Waals surface area contributed by atoms with E-state index in [9.17, 15) is 0 Å². The predicted octanol–water partition coefficient (Wildman–Crippen LogP) is 16.9. The van der Waals surface area contributed by atoms with Gasteiger partial charge in [-0.05, 0) is 145 Å². The Hall–Kier alpha value is -8.99. The lowest BCUT2D eigenvalue weighted by Crippen LogP contribution is -2.14. The minimum absolute atomic E-state index is 0.0904. The lowest BCUT2D eigenvalue weighted by Gasteiger charge is -2.22. The summed E-state index contributed by atoms with van der Waals surface area (Å²) in [6, 6.07) is 83.4. The number of hydrogen-bond donors (Lipinski definition) is 0. The van der Waals surface area contributed by atoms with Crippen molar-refractivity contribution in [3.8, 4) is 95.2 Å². The van der Waals surface area contributed by atoms with E-state index in [1.165, 1.54) is 66.4 Å². The Kier molecular flexibility index (Phi) is 9.81. The molecule has 0 saturated carbocycles. The molecule has 4 aromatic heterocycles. The fourth-order valence-electron chi connectivity index (χ4n) is 10.8. The zero-order chi connectivity index (χ0) is 46.8. The first-order chi connectivity index (χ1) is 34.4. The van der Waals surface area contributed by atoms with Crippen LogP contribution in [0.15, 0.2) is 243 Å². The first kappa shape index (κ1) is 41.2. The highest BCUT2D eigenvalue weighted by Crippen LogP contribution is 2.50. The highest BCUT2D eigenvalue weighted by molar-refractivity contribution is 6.15. The summed E-state index contributed by atoms with van der Waals surface area (Å²) in [4.78, 5) is 14.4. The molecule has 0 fully saturated rings. The minimum atomic E-state index is -0.0904. The molecule has 13 rings (SSSR count). The van der Waals surface area contributed by atoms with Crippen molar-refractivity contribution >= 4 is 21.8 Å². The van der Waals surface area contributed by atoms with E-state index in [1.54, 1.807) is 0 Å². The van der Waals surface area contributed by atoms with E-state index in [0.29, 0.717) is 0 Å². The first-order valence-electron chi connectivity index (χ1n) is 24.0. The molecule has 0 unspecified atom stereocenters. The fourth-order valence-corrected chi connectivity index (χ4v) is 10.8. The number of fused-ring (bicyclic) bond motifs is 6. The van der Waals surface area contributed by atoms with Gasteiger partial charge in [-0.2, -0.15) is 0 Å². The van der Waals surface area contributed by atoms with Crippen molar-refractivity contribution in [2.45, 2.75) is 19.3 Å². The number of pyridine rings is 3. The normalized spacial score (nSPS) is 12.5. The molecule has 70 heavy (non-hydrogen) atoms. The van der Waals surface area contributed by atoms with Crippen molar-refractivity contribution in [3.63, 3.8) is 0 Å². The molecule has 1 aliphatic carbocycles.